The Morgan fingerprint density at radius 2 is 1.84 bits per heavy atom. The van der Waals surface area contributed by atoms with Crippen LogP contribution in [0.25, 0.3) is 6.08 Å². The summed E-state index contributed by atoms with van der Waals surface area (Å²) in [7, 11) is 2.90. The van der Waals surface area contributed by atoms with Gasteiger partial charge in [0.05, 0.1) is 24.8 Å². The number of hydrogen-bond donors (Lipinski definition) is 3. The molecule has 1 heterocycles. The fourth-order valence-electron chi connectivity index (χ4n) is 2.93. The number of ether oxygens (including phenoxy) is 2. The number of thiophene rings is 1. The van der Waals surface area contributed by atoms with Crippen molar-refractivity contribution in [3.05, 3.63) is 76.0 Å². The predicted octanol–water partition coefficient (Wildman–Crippen LogP) is 3.88. The van der Waals surface area contributed by atoms with Crippen molar-refractivity contribution in [1.82, 2.24) is 5.32 Å². The molecule has 32 heavy (non-hydrogen) atoms. The van der Waals surface area contributed by atoms with Gasteiger partial charge < -0.3 is 25.6 Å². The maximum absolute atomic E-state index is 12.1. The number of phenols is 1. The van der Waals surface area contributed by atoms with E-state index in [1.807, 2.05) is 41.8 Å². The number of nitrogens with zero attached hydrogens (tertiary/aromatic N) is 1. The standard InChI is InChI=1S/C24H25N3O4S/c1-30-19-14-17(15-20(31-2)23(19)29)7-10-22(28)26-12-11-16-5-8-18(9-6-16)27-24(25)21-4-3-13-32-21/h3-10,13-15,29H,11-12H2,1-2H3,(H2,25,27)(H,26,28). The van der Waals surface area contributed by atoms with E-state index in [1.165, 1.54) is 20.3 Å². The minimum Gasteiger partial charge on any atom is -0.502 e. The van der Waals surface area contributed by atoms with E-state index in [2.05, 4.69) is 10.3 Å². The molecule has 0 fully saturated rings. The Kier molecular flexibility index (Phi) is 7.88. The van der Waals surface area contributed by atoms with E-state index >= 15 is 0 Å². The topological polar surface area (TPSA) is 106 Å². The highest BCUT2D eigenvalue weighted by molar-refractivity contribution is 7.12. The molecule has 0 radical (unpaired) electrons. The highest BCUT2D eigenvalue weighted by Crippen LogP contribution is 2.37. The average molecular weight is 452 g/mol. The summed E-state index contributed by atoms with van der Waals surface area (Å²) in [5, 5.41) is 14.8. The van der Waals surface area contributed by atoms with Crippen LogP contribution in [0.3, 0.4) is 0 Å². The van der Waals surface area contributed by atoms with E-state index < -0.39 is 0 Å². The van der Waals surface area contributed by atoms with Crippen LogP contribution in [0.15, 0.2) is 65.0 Å². The van der Waals surface area contributed by atoms with Crippen LogP contribution >= 0.6 is 11.3 Å². The van der Waals surface area contributed by atoms with Gasteiger partial charge in [-0.2, -0.15) is 0 Å². The molecule has 4 N–H and O–H groups in total. The fraction of sp³-hybridized carbons (Fsp3) is 0.167. The molecule has 1 amide bonds. The Bertz CT molecular complexity index is 1080. The van der Waals surface area contributed by atoms with Crippen LogP contribution in [0.1, 0.15) is 16.0 Å². The summed E-state index contributed by atoms with van der Waals surface area (Å²) in [6.07, 6.45) is 3.74. The van der Waals surface area contributed by atoms with Crippen LogP contribution in [0.4, 0.5) is 5.69 Å². The molecule has 0 saturated heterocycles. The largest absolute Gasteiger partial charge is 0.502 e. The van der Waals surface area contributed by atoms with Crippen molar-refractivity contribution in [3.63, 3.8) is 0 Å². The molecule has 0 bridgehead atoms. The number of aromatic hydroxyl groups is 1. The second kappa shape index (κ2) is 11.0. The number of phenolic OH excluding ortho intramolecular Hbond substituents is 1. The normalized spacial score (nSPS) is 11.5. The van der Waals surface area contributed by atoms with Crippen LogP contribution in [0.5, 0.6) is 17.2 Å². The van der Waals surface area contributed by atoms with Crippen molar-refractivity contribution >= 4 is 34.8 Å². The number of nitrogens with one attached hydrogen (secondary N) is 1. The number of aliphatic imine (C=N–C) groups is 1. The molecule has 1 aromatic heterocycles. The predicted molar refractivity (Wildman–Crippen MR) is 128 cm³/mol. The summed E-state index contributed by atoms with van der Waals surface area (Å²) in [4.78, 5) is 17.5. The van der Waals surface area contributed by atoms with Gasteiger partial charge in [0.25, 0.3) is 0 Å². The van der Waals surface area contributed by atoms with E-state index in [1.54, 1.807) is 29.5 Å². The molecule has 3 aromatic rings. The van der Waals surface area contributed by atoms with Crippen molar-refractivity contribution < 1.29 is 19.4 Å². The molecule has 0 unspecified atom stereocenters. The maximum Gasteiger partial charge on any atom is 0.244 e. The van der Waals surface area contributed by atoms with E-state index in [0.29, 0.717) is 24.4 Å². The van der Waals surface area contributed by atoms with Crippen molar-refractivity contribution in [2.45, 2.75) is 6.42 Å². The van der Waals surface area contributed by atoms with Crippen molar-refractivity contribution in [2.75, 3.05) is 20.8 Å². The molecule has 3 rings (SSSR count). The molecular weight excluding hydrogens is 426 g/mol. The second-order valence-corrected chi connectivity index (χ2v) is 7.74. The third kappa shape index (κ3) is 6.12. The van der Waals surface area contributed by atoms with Crippen LogP contribution in [0.2, 0.25) is 0 Å². The van der Waals surface area contributed by atoms with Gasteiger partial charge in [-0.05, 0) is 59.3 Å². The highest BCUT2D eigenvalue weighted by atomic mass is 32.1. The molecule has 0 aliphatic heterocycles. The minimum atomic E-state index is -0.221. The van der Waals surface area contributed by atoms with Crippen LogP contribution in [-0.4, -0.2) is 37.6 Å². The Hall–Kier alpha value is -3.78. The van der Waals surface area contributed by atoms with Gasteiger partial charge in [-0.3, -0.25) is 4.79 Å². The van der Waals surface area contributed by atoms with Crippen LogP contribution in [0, 0.1) is 0 Å². The first-order valence-electron chi connectivity index (χ1n) is 9.88. The average Bonchev–Trinajstić information content (AvgIpc) is 3.35. The number of rotatable bonds is 9. The van der Waals surface area contributed by atoms with Gasteiger partial charge >= 0.3 is 0 Å². The molecule has 0 saturated carbocycles. The quantitative estimate of drug-likeness (QED) is 0.260. The highest BCUT2D eigenvalue weighted by Gasteiger charge is 2.10. The first-order valence-corrected chi connectivity index (χ1v) is 10.8. The Balaban J connectivity index is 1.51. The monoisotopic (exact) mass is 451 g/mol. The third-order valence-corrected chi connectivity index (χ3v) is 5.49. The zero-order valence-corrected chi connectivity index (χ0v) is 18.7. The molecule has 8 heteroatoms. The molecule has 166 valence electrons. The fourth-order valence-corrected chi connectivity index (χ4v) is 3.55. The zero-order chi connectivity index (χ0) is 22.9. The molecular formula is C24H25N3O4S. The summed E-state index contributed by atoms with van der Waals surface area (Å²) in [5.74, 6) is 0.739. The molecule has 0 aliphatic carbocycles. The third-order valence-electron chi connectivity index (χ3n) is 4.60. The van der Waals surface area contributed by atoms with E-state index in [0.717, 1.165) is 16.1 Å². The van der Waals surface area contributed by atoms with Gasteiger partial charge in [0.15, 0.2) is 11.5 Å². The summed E-state index contributed by atoms with van der Waals surface area (Å²) in [6, 6.07) is 14.9. The molecule has 2 aromatic carbocycles. The number of benzene rings is 2. The van der Waals surface area contributed by atoms with Gasteiger partial charge in [-0.1, -0.05) is 18.2 Å². The Morgan fingerprint density at radius 3 is 2.44 bits per heavy atom. The number of methoxy groups -OCH3 is 2. The number of carbonyl (C=O) groups is 1. The summed E-state index contributed by atoms with van der Waals surface area (Å²) in [6.45, 7) is 0.491. The lowest BCUT2D eigenvalue weighted by Gasteiger charge is -2.09. The Morgan fingerprint density at radius 1 is 1.16 bits per heavy atom. The summed E-state index contributed by atoms with van der Waals surface area (Å²) in [5.41, 5.74) is 8.55. The van der Waals surface area contributed by atoms with Gasteiger partial charge in [-0.25, -0.2) is 4.99 Å². The van der Waals surface area contributed by atoms with Gasteiger partial charge in [-0.15, -0.1) is 11.3 Å². The molecule has 0 atom stereocenters. The number of amides is 1. The smallest absolute Gasteiger partial charge is 0.244 e. The molecule has 0 spiro atoms. The van der Waals surface area contributed by atoms with Crippen LogP contribution in [-0.2, 0) is 11.2 Å². The maximum atomic E-state index is 12.1. The molecule has 7 nitrogen and oxygen atoms in total. The van der Waals surface area contributed by atoms with Crippen LogP contribution < -0.4 is 20.5 Å². The number of carbonyl (C=O) groups excluding carboxylic acids is 1. The lowest BCUT2D eigenvalue weighted by atomic mass is 10.1. The van der Waals surface area contributed by atoms with E-state index in [9.17, 15) is 9.90 Å². The van der Waals surface area contributed by atoms with Gasteiger partial charge in [0, 0.05) is 12.6 Å². The van der Waals surface area contributed by atoms with E-state index in [-0.39, 0.29) is 23.2 Å². The van der Waals surface area contributed by atoms with Crippen molar-refractivity contribution in [3.8, 4) is 17.2 Å². The van der Waals surface area contributed by atoms with Crippen molar-refractivity contribution in [2.24, 2.45) is 10.7 Å². The summed E-state index contributed by atoms with van der Waals surface area (Å²) < 4.78 is 10.2. The van der Waals surface area contributed by atoms with Gasteiger partial charge in [0.1, 0.15) is 5.84 Å². The number of amidine groups is 1. The Labute approximate surface area is 190 Å². The second-order valence-electron chi connectivity index (χ2n) is 6.79. The van der Waals surface area contributed by atoms with E-state index in [4.69, 9.17) is 15.2 Å². The van der Waals surface area contributed by atoms with Crippen molar-refractivity contribution in [1.29, 1.82) is 0 Å². The number of hydrogen-bond acceptors (Lipinski definition) is 6. The van der Waals surface area contributed by atoms with Gasteiger partial charge in [0.2, 0.25) is 11.7 Å². The lowest BCUT2D eigenvalue weighted by Crippen LogP contribution is -2.23. The first-order chi connectivity index (χ1) is 15.5. The summed E-state index contributed by atoms with van der Waals surface area (Å²) >= 11 is 1.55. The SMILES string of the molecule is COc1cc(C=CC(=O)NCCc2ccc(N=C(N)c3cccs3)cc2)cc(OC)c1O. The minimum absolute atomic E-state index is 0.0810. The lowest BCUT2D eigenvalue weighted by molar-refractivity contribution is -0.116. The number of nitrogens with two attached hydrogens (primary N) is 1. The zero-order valence-electron chi connectivity index (χ0n) is 17.9. The molecule has 0 aliphatic rings. The first kappa shape index (κ1) is 22.9.